The summed E-state index contributed by atoms with van der Waals surface area (Å²) in [5.74, 6) is -1.16. The normalized spacial score (nSPS) is 16.6. The van der Waals surface area contributed by atoms with Crippen molar-refractivity contribution in [2.75, 3.05) is 57.3 Å². The number of rotatable bonds is 11. The van der Waals surface area contributed by atoms with E-state index in [1.165, 1.54) is 4.90 Å². The highest BCUT2D eigenvalue weighted by atomic mass is 32.2. The highest BCUT2D eigenvalue weighted by molar-refractivity contribution is 7.92. The quantitative estimate of drug-likeness (QED) is 0.316. The SMILES string of the molecule is COCC1CCN(c2cc(C(=O)CS(=O)(=O)CCC(=O)N(C)C)nc3c2c(C2CCC2)nn3-c2ccccc2)CC1. The second kappa shape index (κ2) is 12.3. The van der Waals surface area contributed by atoms with Crippen molar-refractivity contribution in [1.82, 2.24) is 19.7 Å². The van der Waals surface area contributed by atoms with Crippen LogP contribution in [-0.4, -0.2) is 92.2 Å². The van der Waals surface area contributed by atoms with E-state index in [4.69, 9.17) is 14.8 Å². The highest BCUT2D eigenvalue weighted by Crippen LogP contribution is 2.43. The Morgan fingerprint density at radius 3 is 2.39 bits per heavy atom. The number of ether oxygens (including phenoxy) is 1. The summed E-state index contributed by atoms with van der Waals surface area (Å²) in [6.07, 6.45) is 5.02. The molecule has 2 aliphatic rings. The number of carbonyl (C=O) groups excluding carboxylic acids is 2. The molecular weight excluding hydrogens is 542 g/mol. The van der Waals surface area contributed by atoms with Crippen molar-refractivity contribution in [2.24, 2.45) is 5.92 Å². The molecule has 1 aliphatic carbocycles. The van der Waals surface area contributed by atoms with Crippen LogP contribution >= 0.6 is 0 Å². The molecule has 3 heterocycles. The summed E-state index contributed by atoms with van der Waals surface area (Å²) in [6.45, 7) is 2.31. The molecule has 10 nitrogen and oxygen atoms in total. The van der Waals surface area contributed by atoms with E-state index < -0.39 is 21.4 Å². The lowest BCUT2D eigenvalue weighted by Crippen LogP contribution is -2.35. The first-order chi connectivity index (χ1) is 19.7. The Hall–Kier alpha value is -3.31. The maximum atomic E-state index is 13.5. The molecule has 0 N–H and O–H groups in total. The molecule has 2 aromatic heterocycles. The minimum absolute atomic E-state index is 0.103. The van der Waals surface area contributed by atoms with Gasteiger partial charge in [0.25, 0.3) is 0 Å². The minimum Gasteiger partial charge on any atom is -0.384 e. The van der Waals surface area contributed by atoms with E-state index in [2.05, 4.69) is 4.90 Å². The van der Waals surface area contributed by atoms with E-state index in [1.54, 1.807) is 32.0 Å². The molecule has 220 valence electrons. The highest BCUT2D eigenvalue weighted by Gasteiger charge is 2.32. The van der Waals surface area contributed by atoms with Crippen LogP contribution in [0.1, 0.15) is 60.6 Å². The van der Waals surface area contributed by atoms with Gasteiger partial charge in [0, 0.05) is 53.2 Å². The minimum atomic E-state index is -3.81. The number of hydrogen-bond acceptors (Lipinski definition) is 8. The van der Waals surface area contributed by atoms with Gasteiger partial charge in [0.15, 0.2) is 21.3 Å². The van der Waals surface area contributed by atoms with E-state index in [0.29, 0.717) is 17.5 Å². The van der Waals surface area contributed by atoms with Gasteiger partial charge < -0.3 is 14.5 Å². The molecular formula is C30H39N5O5S. The van der Waals surface area contributed by atoms with Crippen molar-refractivity contribution in [3.8, 4) is 5.69 Å². The van der Waals surface area contributed by atoms with Crippen LogP contribution in [0.25, 0.3) is 16.7 Å². The molecule has 1 aromatic carbocycles. The van der Waals surface area contributed by atoms with Crippen LogP contribution in [0.4, 0.5) is 5.69 Å². The third kappa shape index (κ3) is 6.46. The van der Waals surface area contributed by atoms with Crippen LogP contribution in [0.5, 0.6) is 0 Å². The molecule has 5 rings (SSSR count). The first-order valence-corrected chi connectivity index (χ1v) is 16.2. The molecule has 0 radical (unpaired) electrons. The predicted octanol–water partition coefficient (Wildman–Crippen LogP) is 3.63. The van der Waals surface area contributed by atoms with Crippen molar-refractivity contribution in [2.45, 2.75) is 44.4 Å². The summed E-state index contributed by atoms with van der Waals surface area (Å²) in [7, 11) is 1.06. The molecule has 2 fully saturated rings. The Balaban J connectivity index is 1.57. The average Bonchev–Trinajstić information content (AvgIpc) is 3.30. The maximum absolute atomic E-state index is 13.5. The zero-order valence-corrected chi connectivity index (χ0v) is 24.9. The monoisotopic (exact) mass is 581 g/mol. The lowest BCUT2D eigenvalue weighted by molar-refractivity contribution is -0.128. The van der Waals surface area contributed by atoms with Crippen molar-refractivity contribution >= 4 is 38.2 Å². The van der Waals surface area contributed by atoms with Gasteiger partial charge >= 0.3 is 0 Å². The summed E-state index contributed by atoms with van der Waals surface area (Å²) in [6, 6.07) is 11.5. The Morgan fingerprint density at radius 1 is 1.07 bits per heavy atom. The van der Waals surface area contributed by atoms with E-state index in [1.807, 2.05) is 30.3 Å². The van der Waals surface area contributed by atoms with Crippen LogP contribution in [0, 0.1) is 5.92 Å². The van der Waals surface area contributed by atoms with Crippen molar-refractivity contribution < 1.29 is 22.7 Å². The second-order valence-electron chi connectivity index (χ2n) is 11.4. The fraction of sp³-hybridized carbons (Fsp3) is 0.533. The number of para-hydroxylation sites is 1. The number of pyridine rings is 1. The van der Waals surface area contributed by atoms with Crippen molar-refractivity contribution in [3.63, 3.8) is 0 Å². The lowest BCUT2D eigenvalue weighted by Gasteiger charge is -2.34. The number of sulfone groups is 1. The Labute approximate surface area is 241 Å². The summed E-state index contributed by atoms with van der Waals surface area (Å²) < 4.78 is 32.9. The fourth-order valence-corrected chi connectivity index (χ4v) is 6.80. The van der Waals surface area contributed by atoms with Crippen LogP contribution in [0.15, 0.2) is 36.4 Å². The van der Waals surface area contributed by atoms with Crippen molar-refractivity contribution in [1.29, 1.82) is 0 Å². The molecule has 41 heavy (non-hydrogen) atoms. The van der Waals surface area contributed by atoms with E-state index >= 15 is 0 Å². The number of benzene rings is 1. The van der Waals surface area contributed by atoms with Gasteiger partial charge in [-0.15, -0.1) is 0 Å². The van der Waals surface area contributed by atoms with E-state index in [0.717, 1.165) is 74.3 Å². The molecule has 1 amide bonds. The van der Waals surface area contributed by atoms with Gasteiger partial charge in [-0.1, -0.05) is 24.6 Å². The summed E-state index contributed by atoms with van der Waals surface area (Å²) in [4.78, 5) is 33.9. The number of fused-ring (bicyclic) bond motifs is 1. The second-order valence-corrected chi connectivity index (χ2v) is 13.6. The number of aromatic nitrogens is 3. The molecule has 0 unspecified atom stereocenters. The standard InChI is InChI=1S/C30H39N5O5S/c1-33(2)27(37)14-17-41(38,39)20-26(36)24-18-25(34-15-12-21(13-16-34)19-40-3)28-29(22-8-7-9-22)32-35(30(28)31-24)23-10-5-4-6-11-23/h4-6,10-11,18,21-22H,7-9,12-17,19-20H2,1-3H3. The third-order valence-corrected chi connectivity index (χ3v) is 9.78. The van der Waals surface area contributed by atoms with Gasteiger partial charge in [-0.05, 0) is 49.8 Å². The van der Waals surface area contributed by atoms with Crippen LogP contribution in [0.3, 0.4) is 0 Å². The first-order valence-electron chi connectivity index (χ1n) is 14.3. The zero-order valence-electron chi connectivity index (χ0n) is 24.1. The number of amides is 1. The number of nitrogens with zero attached hydrogens (tertiary/aromatic N) is 5. The van der Waals surface area contributed by atoms with E-state index in [9.17, 15) is 18.0 Å². The van der Waals surface area contributed by atoms with Crippen molar-refractivity contribution in [3.05, 3.63) is 47.8 Å². The number of methoxy groups -OCH3 is 1. The Kier molecular flexibility index (Phi) is 8.74. The van der Waals surface area contributed by atoms with Gasteiger partial charge in [0.1, 0.15) is 11.4 Å². The van der Waals surface area contributed by atoms with Crippen LogP contribution in [0.2, 0.25) is 0 Å². The molecule has 1 saturated carbocycles. The number of piperidine rings is 1. The lowest BCUT2D eigenvalue weighted by atomic mass is 9.81. The molecule has 1 saturated heterocycles. The van der Waals surface area contributed by atoms with Gasteiger partial charge in [-0.2, -0.15) is 5.10 Å². The molecule has 0 bridgehead atoms. The molecule has 1 aliphatic heterocycles. The first kappa shape index (κ1) is 29.2. The molecule has 11 heteroatoms. The third-order valence-electron chi connectivity index (χ3n) is 8.26. The topological polar surface area (TPSA) is 115 Å². The van der Waals surface area contributed by atoms with Crippen LogP contribution < -0.4 is 4.90 Å². The number of Topliss-reactive ketones (excluding diaryl/α,β-unsaturated/α-hetero) is 1. The average molecular weight is 582 g/mol. The summed E-state index contributed by atoms with van der Waals surface area (Å²) in [5, 5.41) is 6.00. The molecule has 3 aromatic rings. The number of anilines is 1. The molecule has 0 spiro atoms. The predicted molar refractivity (Wildman–Crippen MR) is 159 cm³/mol. The van der Waals surface area contributed by atoms with Gasteiger partial charge in [-0.3, -0.25) is 9.59 Å². The Morgan fingerprint density at radius 2 is 1.78 bits per heavy atom. The fourth-order valence-electron chi connectivity index (χ4n) is 5.62. The molecule has 0 atom stereocenters. The zero-order chi connectivity index (χ0) is 29.1. The maximum Gasteiger partial charge on any atom is 0.223 e. The smallest absolute Gasteiger partial charge is 0.223 e. The van der Waals surface area contributed by atoms with Gasteiger partial charge in [0.2, 0.25) is 5.91 Å². The van der Waals surface area contributed by atoms with Gasteiger partial charge in [-0.25, -0.2) is 18.1 Å². The summed E-state index contributed by atoms with van der Waals surface area (Å²) in [5.41, 5.74) is 3.38. The van der Waals surface area contributed by atoms with Gasteiger partial charge in [0.05, 0.1) is 28.2 Å². The Bertz CT molecular complexity index is 1510. The largest absolute Gasteiger partial charge is 0.384 e. The number of carbonyl (C=O) groups is 2. The number of hydrogen-bond donors (Lipinski definition) is 0. The summed E-state index contributed by atoms with van der Waals surface area (Å²) >= 11 is 0. The van der Waals surface area contributed by atoms with E-state index in [-0.39, 0.29) is 23.8 Å². The van der Waals surface area contributed by atoms with Crippen LogP contribution in [-0.2, 0) is 19.4 Å². The number of ketones is 1.